The number of rotatable bonds is 1. The number of aromatic nitrogens is 1. The summed E-state index contributed by atoms with van der Waals surface area (Å²) in [5.74, 6) is -0.0532. The van der Waals surface area contributed by atoms with E-state index in [2.05, 4.69) is 4.98 Å². The van der Waals surface area contributed by atoms with Crippen LogP contribution in [0.25, 0.3) is 0 Å². The lowest BCUT2D eigenvalue weighted by molar-refractivity contribution is 0.00293. The average molecular weight is 234 g/mol. The minimum Gasteiger partial charge on any atom is -0.393 e. The summed E-state index contributed by atoms with van der Waals surface area (Å²) in [6.45, 7) is 4.55. The minimum atomic E-state index is -0.313. The fourth-order valence-electron chi connectivity index (χ4n) is 2.37. The Morgan fingerprint density at radius 3 is 2.88 bits per heavy atom. The van der Waals surface area contributed by atoms with Gasteiger partial charge in [0.15, 0.2) is 0 Å². The highest BCUT2D eigenvalue weighted by molar-refractivity contribution is 5.92. The van der Waals surface area contributed by atoms with E-state index in [1.165, 1.54) is 0 Å². The number of aliphatic hydroxyl groups is 1. The van der Waals surface area contributed by atoms with Gasteiger partial charge in [-0.15, -0.1) is 0 Å². The maximum atomic E-state index is 12.3. The highest BCUT2D eigenvalue weighted by atomic mass is 16.3. The second-order valence-corrected chi connectivity index (χ2v) is 5.13. The molecule has 0 spiro atoms. The minimum absolute atomic E-state index is 0.0532. The third-order valence-electron chi connectivity index (χ3n) is 3.28. The maximum absolute atomic E-state index is 12.3. The first-order chi connectivity index (χ1) is 8.00. The van der Waals surface area contributed by atoms with Crippen LogP contribution in [0.5, 0.6) is 0 Å². The second-order valence-electron chi connectivity index (χ2n) is 5.13. The lowest BCUT2D eigenvalue weighted by atomic mass is 9.88. The van der Waals surface area contributed by atoms with Gasteiger partial charge in [-0.25, -0.2) is 0 Å². The molecular weight excluding hydrogens is 216 g/mol. The summed E-state index contributed by atoms with van der Waals surface area (Å²) >= 11 is 0. The lowest BCUT2D eigenvalue weighted by Gasteiger charge is -2.44. The molecule has 1 N–H and O–H groups in total. The highest BCUT2D eigenvalue weighted by Crippen LogP contribution is 2.28. The van der Waals surface area contributed by atoms with Gasteiger partial charge in [0, 0.05) is 18.3 Å². The molecule has 0 saturated carbocycles. The predicted molar refractivity (Wildman–Crippen MR) is 64.6 cm³/mol. The van der Waals surface area contributed by atoms with Crippen LogP contribution in [0.2, 0.25) is 0 Å². The number of nitrogens with zero attached hydrogens (tertiary/aromatic N) is 2. The Bertz CT molecular complexity index is 403. The Kier molecular flexibility index (Phi) is 3.15. The molecule has 1 unspecified atom stereocenters. The fourth-order valence-corrected chi connectivity index (χ4v) is 2.37. The monoisotopic (exact) mass is 234 g/mol. The Morgan fingerprint density at radius 1 is 1.53 bits per heavy atom. The number of hydrogen-bond donors (Lipinski definition) is 1. The van der Waals surface area contributed by atoms with E-state index in [4.69, 9.17) is 0 Å². The van der Waals surface area contributed by atoms with Crippen LogP contribution in [0, 0.1) is 0 Å². The van der Waals surface area contributed by atoms with Crippen molar-refractivity contribution in [3.8, 4) is 0 Å². The molecule has 0 aliphatic carbocycles. The van der Waals surface area contributed by atoms with E-state index in [9.17, 15) is 9.90 Å². The Labute approximate surface area is 101 Å². The topological polar surface area (TPSA) is 53.4 Å². The van der Waals surface area contributed by atoms with Gasteiger partial charge in [0.1, 0.15) is 5.69 Å². The quantitative estimate of drug-likeness (QED) is 0.800. The van der Waals surface area contributed by atoms with Crippen molar-refractivity contribution < 1.29 is 9.90 Å². The van der Waals surface area contributed by atoms with Crippen molar-refractivity contribution >= 4 is 5.91 Å². The van der Waals surface area contributed by atoms with E-state index in [0.717, 1.165) is 0 Å². The predicted octanol–water partition coefficient (Wildman–Crippen LogP) is 1.46. The van der Waals surface area contributed by atoms with E-state index in [0.29, 0.717) is 25.1 Å². The zero-order valence-corrected chi connectivity index (χ0v) is 10.3. The summed E-state index contributed by atoms with van der Waals surface area (Å²) in [5, 5.41) is 9.66. The molecule has 0 aromatic carbocycles. The molecule has 1 amide bonds. The van der Waals surface area contributed by atoms with Gasteiger partial charge < -0.3 is 10.0 Å². The van der Waals surface area contributed by atoms with Crippen molar-refractivity contribution in [1.82, 2.24) is 9.88 Å². The van der Waals surface area contributed by atoms with Crippen molar-refractivity contribution in [3.63, 3.8) is 0 Å². The molecule has 1 atom stereocenters. The van der Waals surface area contributed by atoms with Crippen LogP contribution in [0.1, 0.15) is 37.2 Å². The number of carbonyl (C=O) groups excluding carboxylic acids is 1. The third-order valence-corrected chi connectivity index (χ3v) is 3.28. The average Bonchev–Trinajstić information content (AvgIpc) is 2.28. The van der Waals surface area contributed by atoms with Crippen LogP contribution in [-0.2, 0) is 0 Å². The number of amides is 1. The molecule has 0 radical (unpaired) electrons. The first-order valence-corrected chi connectivity index (χ1v) is 5.92. The summed E-state index contributed by atoms with van der Waals surface area (Å²) in [4.78, 5) is 18.2. The van der Waals surface area contributed by atoms with Gasteiger partial charge in [-0.2, -0.15) is 0 Å². The molecule has 92 valence electrons. The third kappa shape index (κ3) is 2.47. The van der Waals surface area contributed by atoms with Crippen molar-refractivity contribution in [3.05, 3.63) is 30.1 Å². The summed E-state index contributed by atoms with van der Waals surface area (Å²) in [5.41, 5.74) is 0.156. The van der Waals surface area contributed by atoms with Gasteiger partial charge in [0.25, 0.3) is 5.91 Å². The summed E-state index contributed by atoms with van der Waals surface area (Å²) in [6.07, 6.45) is 2.57. The Hall–Kier alpha value is -1.42. The molecule has 2 heterocycles. The molecule has 2 rings (SSSR count). The molecule has 0 bridgehead atoms. The normalized spacial score (nSPS) is 23.5. The van der Waals surface area contributed by atoms with Gasteiger partial charge >= 0.3 is 0 Å². The molecule has 1 aliphatic rings. The zero-order valence-electron chi connectivity index (χ0n) is 10.3. The highest BCUT2D eigenvalue weighted by Gasteiger charge is 2.37. The number of likely N-dealkylation sites (tertiary alicyclic amines) is 1. The smallest absolute Gasteiger partial charge is 0.272 e. The fraction of sp³-hybridized carbons (Fsp3) is 0.538. The first kappa shape index (κ1) is 12.0. The molecule has 1 aromatic heterocycles. The maximum Gasteiger partial charge on any atom is 0.272 e. The van der Waals surface area contributed by atoms with Crippen LogP contribution in [0.15, 0.2) is 24.4 Å². The van der Waals surface area contributed by atoms with Gasteiger partial charge in [-0.05, 0) is 38.8 Å². The summed E-state index contributed by atoms with van der Waals surface area (Å²) in [6, 6.07) is 5.33. The van der Waals surface area contributed by atoms with Crippen LogP contribution in [-0.4, -0.2) is 39.1 Å². The van der Waals surface area contributed by atoms with E-state index in [-0.39, 0.29) is 17.6 Å². The van der Waals surface area contributed by atoms with Crippen molar-refractivity contribution in [2.45, 2.75) is 38.3 Å². The van der Waals surface area contributed by atoms with Gasteiger partial charge in [-0.3, -0.25) is 9.78 Å². The summed E-state index contributed by atoms with van der Waals surface area (Å²) in [7, 11) is 0. The number of pyridine rings is 1. The van der Waals surface area contributed by atoms with Crippen LogP contribution in [0.3, 0.4) is 0 Å². The molecule has 1 saturated heterocycles. The molecule has 1 fully saturated rings. The van der Waals surface area contributed by atoms with Crippen LogP contribution < -0.4 is 0 Å². The van der Waals surface area contributed by atoms with E-state index in [1.807, 2.05) is 24.8 Å². The largest absolute Gasteiger partial charge is 0.393 e. The zero-order chi connectivity index (χ0) is 12.5. The standard InChI is InChI=1S/C13H18N2O2/c1-13(2)9-10(16)6-8-15(13)12(17)11-5-3-4-7-14-11/h3-5,7,10,16H,6,8-9H2,1-2H3. The molecule has 4 heteroatoms. The van der Waals surface area contributed by atoms with E-state index < -0.39 is 0 Å². The Morgan fingerprint density at radius 2 is 2.29 bits per heavy atom. The molecule has 1 aliphatic heterocycles. The molecular formula is C13H18N2O2. The molecule has 1 aromatic rings. The van der Waals surface area contributed by atoms with Crippen molar-refractivity contribution in [2.75, 3.05) is 6.54 Å². The SMILES string of the molecule is CC1(C)CC(O)CCN1C(=O)c1ccccn1. The van der Waals surface area contributed by atoms with Crippen LogP contribution >= 0.6 is 0 Å². The first-order valence-electron chi connectivity index (χ1n) is 5.92. The number of piperidine rings is 1. The number of aliphatic hydroxyl groups excluding tert-OH is 1. The van der Waals surface area contributed by atoms with Crippen molar-refractivity contribution in [1.29, 1.82) is 0 Å². The van der Waals surface area contributed by atoms with E-state index >= 15 is 0 Å². The summed E-state index contributed by atoms with van der Waals surface area (Å²) < 4.78 is 0. The van der Waals surface area contributed by atoms with E-state index in [1.54, 1.807) is 18.3 Å². The van der Waals surface area contributed by atoms with Gasteiger partial charge in [0.05, 0.1) is 6.10 Å². The van der Waals surface area contributed by atoms with Crippen molar-refractivity contribution in [2.24, 2.45) is 0 Å². The Balaban J connectivity index is 2.20. The molecule has 17 heavy (non-hydrogen) atoms. The van der Waals surface area contributed by atoms with Gasteiger partial charge in [0.2, 0.25) is 0 Å². The van der Waals surface area contributed by atoms with Crippen LogP contribution in [0.4, 0.5) is 0 Å². The molecule has 4 nitrogen and oxygen atoms in total. The number of hydrogen-bond acceptors (Lipinski definition) is 3. The second kappa shape index (κ2) is 4.45. The number of carbonyl (C=O) groups is 1. The lowest BCUT2D eigenvalue weighted by Crippen LogP contribution is -2.54. The van der Waals surface area contributed by atoms with Gasteiger partial charge in [-0.1, -0.05) is 6.07 Å².